The molecule has 9 heteroatoms. The normalized spacial score (nSPS) is 12.3. The van der Waals surface area contributed by atoms with Gasteiger partial charge in [0.05, 0.1) is 17.7 Å². The van der Waals surface area contributed by atoms with Crippen LogP contribution in [-0.4, -0.2) is 46.6 Å². The van der Waals surface area contributed by atoms with Gasteiger partial charge in [0.2, 0.25) is 5.91 Å². The third kappa shape index (κ3) is 6.57. The zero-order valence-electron chi connectivity index (χ0n) is 19.7. The number of Topliss-reactive ketones (excluding diaryl/α,β-unsaturated/α-hetero) is 1. The highest BCUT2D eigenvalue weighted by Gasteiger charge is 2.36. The van der Waals surface area contributed by atoms with Crippen molar-refractivity contribution in [3.8, 4) is 0 Å². The first-order chi connectivity index (χ1) is 15.5. The highest BCUT2D eigenvalue weighted by molar-refractivity contribution is 6.38. The molecule has 1 N–H and O–H groups in total. The molecule has 0 bridgehead atoms. The molecule has 1 amide bonds. The van der Waals surface area contributed by atoms with Crippen LogP contribution in [-0.2, 0) is 19.1 Å². The van der Waals surface area contributed by atoms with E-state index in [0.29, 0.717) is 17.3 Å². The van der Waals surface area contributed by atoms with E-state index in [4.69, 9.17) is 21.1 Å². The summed E-state index contributed by atoms with van der Waals surface area (Å²) < 4.78 is 11.6. The lowest BCUT2D eigenvalue weighted by Gasteiger charge is -2.20. The van der Waals surface area contributed by atoms with E-state index in [1.807, 2.05) is 6.92 Å². The maximum Gasteiger partial charge on any atom is 0.420 e. The highest BCUT2D eigenvalue weighted by atomic mass is 35.5. The molecule has 0 fully saturated rings. The largest absolute Gasteiger partial charge is 0.464 e. The summed E-state index contributed by atoms with van der Waals surface area (Å²) in [6, 6.07) is 5.00. The van der Waals surface area contributed by atoms with Crippen molar-refractivity contribution >= 4 is 46.3 Å². The summed E-state index contributed by atoms with van der Waals surface area (Å²) in [4.78, 5) is 51.4. The molecule has 2 rings (SSSR count). The summed E-state index contributed by atoms with van der Waals surface area (Å²) in [7, 11) is 0. The van der Waals surface area contributed by atoms with Gasteiger partial charge in [0.15, 0.2) is 11.8 Å². The number of para-hydroxylation sites is 1. The first-order valence-electron chi connectivity index (χ1n) is 11.0. The van der Waals surface area contributed by atoms with E-state index in [0.717, 1.165) is 17.4 Å². The lowest BCUT2D eigenvalue weighted by atomic mass is 10.0. The fourth-order valence-corrected chi connectivity index (χ4v) is 3.65. The van der Waals surface area contributed by atoms with Crippen LogP contribution in [0.25, 0.3) is 10.9 Å². The standard InChI is InChI=1S/C24H31ClN2O6/c1-6-8-9-14-17(28)26-19(22(30)32-7-2)20(29)18-15-12-10-11-13-16(15)27(21(18)25)23(31)33-24(3,4)5/h10-13,19H,6-9,14H2,1-5H3,(H,26,28). The van der Waals surface area contributed by atoms with Crippen LogP contribution in [0.5, 0.6) is 0 Å². The van der Waals surface area contributed by atoms with Gasteiger partial charge in [-0.1, -0.05) is 49.6 Å². The molecule has 180 valence electrons. The number of carbonyl (C=O) groups excluding carboxylic acids is 4. The van der Waals surface area contributed by atoms with Crippen molar-refractivity contribution in [2.75, 3.05) is 6.61 Å². The Morgan fingerprint density at radius 1 is 1.09 bits per heavy atom. The quantitative estimate of drug-likeness (QED) is 0.238. The van der Waals surface area contributed by atoms with Crippen LogP contribution in [0.1, 0.15) is 70.7 Å². The molecule has 1 aromatic carbocycles. The topological polar surface area (TPSA) is 104 Å². The number of fused-ring (bicyclic) bond motifs is 1. The van der Waals surface area contributed by atoms with Gasteiger partial charge in [-0.05, 0) is 40.2 Å². The van der Waals surface area contributed by atoms with Crippen LogP contribution in [0.2, 0.25) is 5.15 Å². The molecule has 8 nitrogen and oxygen atoms in total. The summed E-state index contributed by atoms with van der Waals surface area (Å²) in [6.45, 7) is 8.76. The van der Waals surface area contributed by atoms with Gasteiger partial charge in [-0.25, -0.2) is 14.2 Å². The number of carbonyl (C=O) groups is 4. The number of esters is 1. The maximum absolute atomic E-state index is 13.5. The molecule has 33 heavy (non-hydrogen) atoms. The zero-order valence-corrected chi connectivity index (χ0v) is 20.5. The average Bonchev–Trinajstić information content (AvgIpc) is 3.02. The SMILES string of the molecule is CCCCCC(=O)NC(C(=O)OCC)C(=O)c1c(Cl)n(C(=O)OC(C)(C)C)c2ccccc12. The monoisotopic (exact) mass is 478 g/mol. The Hall–Kier alpha value is -2.87. The predicted octanol–water partition coefficient (Wildman–Crippen LogP) is 4.89. The second-order valence-corrected chi connectivity index (χ2v) is 8.93. The van der Waals surface area contributed by atoms with Gasteiger partial charge in [0, 0.05) is 11.8 Å². The summed E-state index contributed by atoms with van der Waals surface area (Å²) >= 11 is 6.51. The van der Waals surface area contributed by atoms with E-state index in [1.165, 1.54) is 0 Å². The number of halogens is 1. The Morgan fingerprint density at radius 3 is 2.36 bits per heavy atom. The number of ketones is 1. The molecule has 1 unspecified atom stereocenters. The third-order valence-electron chi connectivity index (χ3n) is 4.74. The van der Waals surface area contributed by atoms with Crippen LogP contribution >= 0.6 is 11.6 Å². The Labute approximate surface area is 198 Å². The predicted molar refractivity (Wildman–Crippen MR) is 126 cm³/mol. The third-order valence-corrected chi connectivity index (χ3v) is 5.09. The van der Waals surface area contributed by atoms with E-state index in [-0.39, 0.29) is 23.7 Å². The lowest BCUT2D eigenvalue weighted by Crippen LogP contribution is -2.47. The van der Waals surface area contributed by atoms with Gasteiger partial charge in [-0.3, -0.25) is 9.59 Å². The minimum atomic E-state index is -1.59. The number of hydrogen-bond donors (Lipinski definition) is 1. The molecule has 0 aliphatic heterocycles. The molecular formula is C24H31ClN2O6. The zero-order chi connectivity index (χ0) is 24.8. The van der Waals surface area contributed by atoms with Crippen molar-refractivity contribution in [1.82, 2.24) is 9.88 Å². The van der Waals surface area contributed by atoms with E-state index in [1.54, 1.807) is 52.0 Å². The number of nitrogens with zero attached hydrogens (tertiary/aromatic N) is 1. The lowest BCUT2D eigenvalue weighted by molar-refractivity contribution is -0.145. The Kier molecular flexibility index (Phi) is 9.05. The second-order valence-electron chi connectivity index (χ2n) is 8.57. The Balaban J connectivity index is 2.51. The summed E-state index contributed by atoms with van der Waals surface area (Å²) in [5, 5.41) is 2.63. The number of benzene rings is 1. The molecule has 0 radical (unpaired) electrons. The van der Waals surface area contributed by atoms with Crippen molar-refractivity contribution in [3.05, 3.63) is 35.0 Å². The fraction of sp³-hybridized carbons (Fsp3) is 0.500. The minimum absolute atomic E-state index is 0.0295. The Bertz CT molecular complexity index is 1040. The highest BCUT2D eigenvalue weighted by Crippen LogP contribution is 2.32. The van der Waals surface area contributed by atoms with E-state index in [2.05, 4.69) is 5.32 Å². The van der Waals surface area contributed by atoms with Gasteiger partial charge in [0.1, 0.15) is 10.8 Å². The van der Waals surface area contributed by atoms with E-state index < -0.39 is 35.4 Å². The number of nitrogens with one attached hydrogen (secondary N) is 1. The van der Waals surface area contributed by atoms with Gasteiger partial charge in [-0.15, -0.1) is 0 Å². The number of ether oxygens (including phenoxy) is 2. The molecule has 2 aromatic rings. The number of aromatic nitrogens is 1. The molecule has 1 atom stereocenters. The van der Waals surface area contributed by atoms with Crippen molar-refractivity contribution in [3.63, 3.8) is 0 Å². The van der Waals surface area contributed by atoms with Crippen molar-refractivity contribution in [1.29, 1.82) is 0 Å². The Morgan fingerprint density at radius 2 is 1.76 bits per heavy atom. The molecular weight excluding hydrogens is 448 g/mol. The number of hydrogen-bond acceptors (Lipinski definition) is 6. The molecule has 0 aliphatic carbocycles. The number of unbranched alkanes of at least 4 members (excludes halogenated alkanes) is 2. The molecule has 0 spiro atoms. The van der Waals surface area contributed by atoms with Crippen LogP contribution in [0.4, 0.5) is 4.79 Å². The first-order valence-corrected chi connectivity index (χ1v) is 11.4. The van der Waals surface area contributed by atoms with Crippen LogP contribution in [0.15, 0.2) is 24.3 Å². The smallest absolute Gasteiger partial charge is 0.420 e. The van der Waals surface area contributed by atoms with Gasteiger partial charge < -0.3 is 14.8 Å². The molecule has 0 saturated carbocycles. The first kappa shape index (κ1) is 26.4. The summed E-state index contributed by atoms with van der Waals surface area (Å²) in [6.07, 6.45) is 1.81. The van der Waals surface area contributed by atoms with Crippen molar-refractivity contribution < 1.29 is 28.7 Å². The molecule has 0 saturated heterocycles. The fourth-order valence-electron chi connectivity index (χ4n) is 3.30. The summed E-state index contributed by atoms with van der Waals surface area (Å²) in [5.74, 6) is -2.10. The number of rotatable bonds is 9. The van der Waals surface area contributed by atoms with Crippen LogP contribution in [0, 0.1) is 0 Å². The van der Waals surface area contributed by atoms with Gasteiger partial charge >= 0.3 is 12.1 Å². The number of amides is 1. The van der Waals surface area contributed by atoms with Crippen molar-refractivity contribution in [2.45, 2.75) is 71.9 Å². The van der Waals surface area contributed by atoms with Crippen LogP contribution < -0.4 is 5.32 Å². The average molecular weight is 479 g/mol. The van der Waals surface area contributed by atoms with E-state index in [9.17, 15) is 19.2 Å². The van der Waals surface area contributed by atoms with Crippen LogP contribution in [0.3, 0.4) is 0 Å². The molecule has 1 heterocycles. The van der Waals surface area contributed by atoms with Gasteiger partial charge in [0.25, 0.3) is 0 Å². The molecule has 0 aliphatic rings. The minimum Gasteiger partial charge on any atom is -0.464 e. The van der Waals surface area contributed by atoms with Crippen molar-refractivity contribution in [2.24, 2.45) is 0 Å². The van der Waals surface area contributed by atoms with E-state index >= 15 is 0 Å². The second kappa shape index (κ2) is 11.3. The summed E-state index contributed by atoms with van der Waals surface area (Å²) in [5.41, 5.74) is -0.516. The van der Waals surface area contributed by atoms with Gasteiger partial charge in [-0.2, -0.15) is 0 Å². The molecule has 1 aromatic heterocycles. The maximum atomic E-state index is 13.5.